The van der Waals surface area contributed by atoms with Crippen molar-refractivity contribution in [3.05, 3.63) is 58.4 Å². The zero-order valence-corrected chi connectivity index (χ0v) is 19.1. The van der Waals surface area contributed by atoms with Crippen LogP contribution in [0.5, 0.6) is 0 Å². The van der Waals surface area contributed by atoms with Crippen molar-refractivity contribution in [1.82, 2.24) is 0 Å². The first-order valence-corrected chi connectivity index (χ1v) is 10.7. The minimum atomic E-state index is -0.916. The van der Waals surface area contributed by atoms with Crippen molar-refractivity contribution >= 4 is 5.97 Å². The van der Waals surface area contributed by atoms with Crippen LogP contribution >= 0.6 is 0 Å². The highest BCUT2D eigenvalue weighted by Gasteiger charge is 2.46. The van der Waals surface area contributed by atoms with Crippen LogP contribution in [0.15, 0.2) is 58.4 Å². The molecule has 0 amide bonds. The second kappa shape index (κ2) is 7.34. The lowest BCUT2D eigenvalue weighted by Crippen LogP contribution is -2.40. The highest BCUT2D eigenvalue weighted by molar-refractivity contribution is 5.81. The van der Waals surface area contributed by atoms with E-state index in [0.717, 1.165) is 24.8 Å². The van der Waals surface area contributed by atoms with Gasteiger partial charge in [-0.15, -0.1) is 0 Å². The number of hydrogen-bond donors (Lipinski definition) is 1. The Morgan fingerprint density at radius 2 is 1.76 bits per heavy atom. The molecule has 2 aliphatic carbocycles. The van der Waals surface area contributed by atoms with E-state index in [9.17, 15) is 4.79 Å². The number of aliphatic carboxylic acids is 1. The fraction of sp³-hybridized carbons (Fsp3) is 0.577. The van der Waals surface area contributed by atoms with Gasteiger partial charge in [0.25, 0.3) is 0 Å². The molecule has 1 saturated carbocycles. The molecule has 3 nitrogen and oxygen atoms in total. The van der Waals surface area contributed by atoms with Gasteiger partial charge >= 0.3 is 5.97 Å². The molecule has 3 aliphatic rings. The van der Waals surface area contributed by atoms with Crippen LogP contribution in [0.2, 0.25) is 0 Å². The number of ether oxygens (including phenoxy) is 1. The van der Waals surface area contributed by atoms with Crippen molar-refractivity contribution in [1.29, 1.82) is 0 Å². The van der Waals surface area contributed by atoms with Crippen molar-refractivity contribution in [3.8, 4) is 0 Å². The standard InChI is InChI=1S/C26H36O3/c1-17(13-21(27)28)9-8-10-18-15-24(2,3)16-19-14-20-23(29-22(18)19)26(6,7)12-11-25(20,4)5/h8-10,13-14,22H,11-12,15-16H2,1-7H3,(H,27,28)/b9-8+,17-13+,18-10-. The van der Waals surface area contributed by atoms with Crippen molar-refractivity contribution in [3.63, 3.8) is 0 Å². The summed E-state index contributed by atoms with van der Waals surface area (Å²) in [5.74, 6) is 0.250. The summed E-state index contributed by atoms with van der Waals surface area (Å²) in [7, 11) is 0. The Morgan fingerprint density at radius 1 is 1.10 bits per heavy atom. The van der Waals surface area contributed by atoms with Crippen LogP contribution in [0.1, 0.15) is 74.1 Å². The lowest BCUT2D eigenvalue weighted by atomic mass is 9.63. The van der Waals surface area contributed by atoms with E-state index in [1.165, 1.54) is 35.0 Å². The average molecular weight is 397 g/mol. The maximum atomic E-state index is 10.8. The molecule has 1 atom stereocenters. The minimum Gasteiger partial charge on any atom is -0.485 e. The third-order valence-corrected chi connectivity index (χ3v) is 6.59. The molecule has 0 spiro atoms. The lowest BCUT2D eigenvalue weighted by Gasteiger charge is -2.49. The number of hydrogen-bond acceptors (Lipinski definition) is 2. The Kier molecular flexibility index (Phi) is 5.49. The van der Waals surface area contributed by atoms with Crippen LogP contribution in [0, 0.1) is 16.2 Å². The summed E-state index contributed by atoms with van der Waals surface area (Å²) < 4.78 is 6.77. The summed E-state index contributed by atoms with van der Waals surface area (Å²) in [5, 5.41) is 8.90. The Labute approximate surface area is 175 Å². The van der Waals surface area contributed by atoms with Crippen molar-refractivity contribution < 1.29 is 14.6 Å². The molecule has 0 saturated heterocycles. The van der Waals surface area contributed by atoms with E-state index in [-0.39, 0.29) is 22.3 Å². The summed E-state index contributed by atoms with van der Waals surface area (Å²) >= 11 is 0. The number of allylic oxidation sites excluding steroid dienone is 7. The van der Waals surface area contributed by atoms with Crippen molar-refractivity contribution in [2.45, 2.75) is 80.3 Å². The van der Waals surface area contributed by atoms with Gasteiger partial charge in [0, 0.05) is 11.5 Å². The first kappa shape index (κ1) is 21.7. The van der Waals surface area contributed by atoms with E-state index in [1.54, 1.807) is 6.92 Å². The van der Waals surface area contributed by atoms with Gasteiger partial charge in [-0.05, 0) is 65.7 Å². The molecule has 158 valence electrons. The van der Waals surface area contributed by atoms with Crippen LogP contribution in [-0.2, 0) is 9.53 Å². The zero-order valence-electron chi connectivity index (χ0n) is 19.1. The first-order valence-electron chi connectivity index (χ1n) is 10.7. The predicted molar refractivity (Wildman–Crippen MR) is 118 cm³/mol. The molecular formula is C26H36O3. The Balaban J connectivity index is 1.99. The van der Waals surface area contributed by atoms with Crippen LogP contribution in [0.4, 0.5) is 0 Å². The van der Waals surface area contributed by atoms with Gasteiger partial charge in [0.2, 0.25) is 0 Å². The van der Waals surface area contributed by atoms with E-state index in [1.807, 2.05) is 12.2 Å². The predicted octanol–water partition coefficient (Wildman–Crippen LogP) is 6.75. The maximum Gasteiger partial charge on any atom is 0.328 e. The highest BCUT2D eigenvalue weighted by atomic mass is 16.5. The third kappa shape index (κ3) is 4.60. The third-order valence-electron chi connectivity index (χ3n) is 6.59. The summed E-state index contributed by atoms with van der Waals surface area (Å²) in [6.07, 6.45) is 14.0. The molecule has 1 heterocycles. The topological polar surface area (TPSA) is 46.5 Å². The molecule has 0 radical (unpaired) electrons. The first-order chi connectivity index (χ1) is 13.3. The molecular weight excluding hydrogens is 360 g/mol. The maximum absolute atomic E-state index is 10.8. The highest BCUT2D eigenvalue weighted by Crippen LogP contribution is 2.55. The van der Waals surface area contributed by atoms with E-state index >= 15 is 0 Å². The molecule has 0 bridgehead atoms. The van der Waals surface area contributed by atoms with Gasteiger partial charge in [-0.2, -0.15) is 0 Å². The monoisotopic (exact) mass is 396 g/mol. The van der Waals surface area contributed by atoms with E-state index in [2.05, 4.69) is 53.7 Å². The number of fused-ring (bicyclic) bond motifs is 1. The van der Waals surface area contributed by atoms with Gasteiger partial charge in [-0.1, -0.05) is 65.8 Å². The Hall–Kier alpha value is -2.03. The zero-order chi connectivity index (χ0) is 21.6. The fourth-order valence-electron chi connectivity index (χ4n) is 4.91. The van der Waals surface area contributed by atoms with Gasteiger partial charge < -0.3 is 9.84 Å². The van der Waals surface area contributed by atoms with E-state index < -0.39 is 5.97 Å². The summed E-state index contributed by atoms with van der Waals surface area (Å²) in [6, 6.07) is 0. The van der Waals surface area contributed by atoms with Gasteiger partial charge in [-0.25, -0.2) is 4.79 Å². The van der Waals surface area contributed by atoms with Crippen LogP contribution in [-0.4, -0.2) is 17.2 Å². The second-order valence-electron chi connectivity index (χ2n) is 11.1. The second-order valence-corrected chi connectivity index (χ2v) is 11.1. The molecule has 0 aromatic carbocycles. The van der Waals surface area contributed by atoms with Crippen molar-refractivity contribution in [2.75, 3.05) is 0 Å². The number of carboxylic acid groups (broad SMARTS) is 1. The molecule has 29 heavy (non-hydrogen) atoms. The summed E-state index contributed by atoms with van der Waals surface area (Å²) in [5.41, 5.74) is 5.15. The van der Waals surface area contributed by atoms with Gasteiger partial charge in [0.05, 0.1) is 0 Å². The van der Waals surface area contributed by atoms with Gasteiger partial charge in [0.15, 0.2) is 0 Å². The quantitative estimate of drug-likeness (QED) is 0.424. The van der Waals surface area contributed by atoms with Gasteiger partial charge in [0.1, 0.15) is 11.9 Å². The summed E-state index contributed by atoms with van der Waals surface area (Å²) in [4.78, 5) is 10.8. The minimum absolute atomic E-state index is 0.00311. The van der Waals surface area contributed by atoms with Crippen LogP contribution in [0.3, 0.4) is 0 Å². The van der Waals surface area contributed by atoms with Crippen molar-refractivity contribution in [2.24, 2.45) is 16.2 Å². The molecule has 1 aliphatic heterocycles. The smallest absolute Gasteiger partial charge is 0.328 e. The number of rotatable bonds is 3. The Bertz CT molecular complexity index is 856. The molecule has 0 aromatic heterocycles. The normalized spacial score (nSPS) is 29.2. The van der Waals surface area contributed by atoms with Gasteiger partial charge in [-0.3, -0.25) is 0 Å². The summed E-state index contributed by atoms with van der Waals surface area (Å²) in [6.45, 7) is 15.7. The molecule has 1 fully saturated rings. The molecule has 1 unspecified atom stereocenters. The van der Waals surface area contributed by atoms with E-state index in [4.69, 9.17) is 9.84 Å². The molecule has 3 heteroatoms. The van der Waals surface area contributed by atoms with E-state index in [0.29, 0.717) is 0 Å². The Morgan fingerprint density at radius 3 is 2.41 bits per heavy atom. The van der Waals surface area contributed by atoms with Crippen LogP contribution < -0.4 is 0 Å². The molecule has 0 aromatic rings. The molecule has 3 rings (SSSR count). The molecule has 1 N–H and O–H groups in total. The largest absolute Gasteiger partial charge is 0.485 e. The number of carboxylic acids is 1. The lowest BCUT2D eigenvalue weighted by molar-refractivity contribution is -0.131. The van der Waals surface area contributed by atoms with Crippen LogP contribution in [0.25, 0.3) is 0 Å². The SMILES string of the molecule is CC(/C=C/C=C1/CC(C)(C)CC2=CC3=C(OC21)C(C)(C)CCC3(C)C)=C\C(=O)O. The fourth-order valence-corrected chi connectivity index (χ4v) is 4.91. The number of carbonyl (C=O) groups is 1. The average Bonchev–Trinajstić information content (AvgIpc) is 2.56.